The number of aromatic nitrogens is 6. The van der Waals surface area contributed by atoms with Gasteiger partial charge in [-0.3, -0.25) is 0 Å². The summed E-state index contributed by atoms with van der Waals surface area (Å²) in [6, 6.07) is 7.58. The standard InChI is InChI=1S/C17H14FN7O2S/c18-5-11(6-19)8-25-17(26)24(9-22-25)16-20-7-14(28-16)12-1-3-13(4-2-12)15-21-10-27-23-15/h1-5,7,9-10H,6,8,19H2/b11-5+. The maximum Gasteiger partial charge on any atom is 0.352 e. The second-order valence-corrected chi connectivity index (χ2v) is 6.76. The molecule has 0 aliphatic carbocycles. The Morgan fingerprint density at radius 1 is 1.25 bits per heavy atom. The SMILES string of the molecule is NC/C(=C\F)Cn1ncn(-c2ncc(-c3ccc(-c4ncon4)cc3)s2)c1=O. The van der Waals surface area contributed by atoms with Crippen LogP contribution in [0.3, 0.4) is 0 Å². The van der Waals surface area contributed by atoms with Gasteiger partial charge in [-0.05, 0) is 11.1 Å². The molecule has 0 aliphatic heterocycles. The summed E-state index contributed by atoms with van der Waals surface area (Å²) in [6.45, 7) is 0.00562. The van der Waals surface area contributed by atoms with E-state index < -0.39 is 5.69 Å². The molecule has 0 amide bonds. The van der Waals surface area contributed by atoms with Gasteiger partial charge in [-0.2, -0.15) is 10.1 Å². The van der Waals surface area contributed by atoms with Crippen LogP contribution in [-0.2, 0) is 6.54 Å². The third kappa shape index (κ3) is 3.40. The number of nitrogens with zero attached hydrogens (tertiary/aromatic N) is 6. The molecular weight excluding hydrogens is 385 g/mol. The van der Waals surface area contributed by atoms with E-state index in [4.69, 9.17) is 10.3 Å². The molecule has 0 saturated heterocycles. The monoisotopic (exact) mass is 399 g/mol. The maximum absolute atomic E-state index is 12.7. The molecule has 3 heterocycles. The van der Waals surface area contributed by atoms with Crippen molar-refractivity contribution in [3.8, 4) is 27.0 Å². The lowest BCUT2D eigenvalue weighted by atomic mass is 10.1. The van der Waals surface area contributed by atoms with E-state index in [9.17, 15) is 9.18 Å². The molecule has 4 rings (SSSR count). The van der Waals surface area contributed by atoms with Crippen LogP contribution < -0.4 is 11.4 Å². The fraction of sp³-hybridized carbons (Fsp3) is 0.118. The number of benzene rings is 1. The third-order valence-corrected chi connectivity index (χ3v) is 5.04. The van der Waals surface area contributed by atoms with Crippen molar-refractivity contribution < 1.29 is 8.91 Å². The first-order valence-electron chi connectivity index (χ1n) is 8.15. The second-order valence-electron chi connectivity index (χ2n) is 5.75. The molecule has 0 atom stereocenters. The van der Waals surface area contributed by atoms with E-state index in [2.05, 4.69) is 20.2 Å². The summed E-state index contributed by atoms with van der Waals surface area (Å²) < 4.78 is 19.9. The van der Waals surface area contributed by atoms with Gasteiger partial charge < -0.3 is 10.3 Å². The normalized spacial score (nSPS) is 11.9. The molecule has 1 aromatic carbocycles. The van der Waals surface area contributed by atoms with Gasteiger partial charge in [0.05, 0.1) is 17.8 Å². The van der Waals surface area contributed by atoms with Gasteiger partial charge in [0.1, 0.15) is 6.33 Å². The lowest BCUT2D eigenvalue weighted by molar-refractivity contribution is 0.419. The molecule has 0 fully saturated rings. The zero-order valence-electron chi connectivity index (χ0n) is 14.4. The predicted molar refractivity (Wildman–Crippen MR) is 100 cm³/mol. The summed E-state index contributed by atoms with van der Waals surface area (Å²) in [5.41, 5.74) is 7.05. The van der Waals surface area contributed by atoms with E-state index in [1.807, 2.05) is 24.3 Å². The molecule has 0 spiro atoms. The van der Waals surface area contributed by atoms with Crippen LogP contribution in [-0.4, -0.2) is 36.0 Å². The van der Waals surface area contributed by atoms with E-state index in [1.54, 1.807) is 6.20 Å². The molecular formula is C17H14FN7O2S. The summed E-state index contributed by atoms with van der Waals surface area (Å²) in [4.78, 5) is 21.7. The molecule has 0 saturated carbocycles. The highest BCUT2D eigenvalue weighted by molar-refractivity contribution is 7.17. The van der Waals surface area contributed by atoms with Crippen LogP contribution >= 0.6 is 11.3 Å². The van der Waals surface area contributed by atoms with Crippen LogP contribution in [0.5, 0.6) is 0 Å². The number of nitrogens with two attached hydrogens (primary N) is 1. The van der Waals surface area contributed by atoms with Crippen LogP contribution in [0.4, 0.5) is 4.39 Å². The number of hydrogen-bond donors (Lipinski definition) is 1. The van der Waals surface area contributed by atoms with Gasteiger partial charge >= 0.3 is 5.69 Å². The van der Waals surface area contributed by atoms with Crippen LogP contribution in [0.15, 0.2) is 64.4 Å². The highest BCUT2D eigenvalue weighted by Crippen LogP contribution is 2.29. The van der Waals surface area contributed by atoms with Crippen molar-refractivity contribution in [3.63, 3.8) is 0 Å². The topological polar surface area (TPSA) is 118 Å². The van der Waals surface area contributed by atoms with Crippen LogP contribution in [0, 0.1) is 0 Å². The van der Waals surface area contributed by atoms with Gasteiger partial charge in [0.15, 0.2) is 5.13 Å². The van der Waals surface area contributed by atoms with E-state index in [1.165, 1.54) is 28.6 Å². The quantitative estimate of drug-likeness (QED) is 0.527. The molecule has 0 bridgehead atoms. The Labute approximate surface area is 161 Å². The summed E-state index contributed by atoms with van der Waals surface area (Å²) in [5.74, 6) is 0.509. The maximum atomic E-state index is 12.7. The lowest BCUT2D eigenvalue weighted by Crippen LogP contribution is -2.25. The Hall–Kier alpha value is -3.44. The minimum atomic E-state index is -0.416. The van der Waals surface area contributed by atoms with Crippen LogP contribution in [0.25, 0.3) is 27.0 Å². The Morgan fingerprint density at radius 3 is 2.71 bits per heavy atom. The van der Waals surface area contributed by atoms with E-state index in [-0.39, 0.29) is 18.7 Å². The first-order valence-corrected chi connectivity index (χ1v) is 8.97. The zero-order valence-corrected chi connectivity index (χ0v) is 15.2. The molecule has 0 unspecified atom stereocenters. The number of hydrogen-bond acceptors (Lipinski definition) is 8. The van der Waals surface area contributed by atoms with Crippen molar-refractivity contribution in [2.24, 2.45) is 5.73 Å². The van der Waals surface area contributed by atoms with E-state index in [0.717, 1.165) is 20.7 Å². The highest BCUT2D eigenvalue weighted by atomic mass is 32.1. The van der Waals surface area contributed by atoms with E-state index in [0.29, 0.717) is 17.3 Å². The predicted octanol–water partition coefficient (Wildman–Crippen LogP) is 2.02. The first-order chi connectivity index (χ1) is 13.7. The Balaban J connectivity index is 1.58. The van der Waals surface area contributed by atoms with Crippen molar-refractivity contribution in [3.05, 3.63) is 65.6 Å². The van der Waals surface area contributed by atoms with E-state index >= 15 is 0 Å². The summed E-state index contributed by atoms with van der Waals surface area (Å²) in [7, 11) is 0. The van der Waals surface area contributed by atoms with Crippen molar-refractivity contribution in [2.45, 2.75) is 6.54 Å². The molecule has 9 nitrogen and oxygen atoms in total. The third-order valence-electron chi connectivity index (χ3n) is 3.99. The van der Waals surface area contributed by atoms with Gasteiger partial charge in [0.2, 0.25) is 12.2 Å². The molecule has 28 heavy (non-hydrogen) atoms. The Morgan fingerprint density at radius 2 is 2.04 bits per heavy atom. The minimum absolute atomic E-state index is 0.00535. The first kappa shape index (κ1) is 17.9. The van der Waals surface area contributed by atoms with Gasteiger partial charge in [0.25, 0.3) is 0 Å². The number of halogens is 1. The molecule has 4 aromatic rings. The molecule has 0 radical (unpaired) electrons. The van der Waals surface area contributed by atoms with Gasteiger partial charge in [-0.1, -0.05) is 40.8 Å². The minimum Gasteiger partial charge on any atom is -0.342 e. The molecule has 0 aliphatic rings. The van der Waals surface area contributed by atoms with Gasteiger partial charge in [-0.15, -0.1) is 0 Å². The number of thiazole rings is 1. The Kier molecular flexibility index (Phi) is 4.91. The fourth-order valence-corrected chi connectivity index (χ4v) is 3.39. The second kappa shape index (κ2) is 7.66. The number of rotatable bonds is 6. The average Bonchev–Trinajstić information content (AvgIpc) is 3.48. The summed E-state index contributed by atoms with van der Waals surface area (Å²) >= 11 is 1.34. The largest absolute Gasteiger partial charge is 0.352 e. The highest BCUT2D eigenvalue weighted by Gasteiger charge is 2.13. The Bertz CT molecular complexity index is 1160. The van der Waals surface area contributed by atoms with Crippen LogP contribution in [0.2, 0.25) is 0 Å². The molecule has 3 aromatic heterocycles. The summed E-state index contributed by atoms with van der Waals surface area (Å²) in [6.07, 6.45) is 4.71. The van der Waals surface area contributed by atoms with Crippen molar-refractivity contribution in [1.82, 2.24) is 29.5 Å². The van der Waals surface area contributed by atoms with Gasteiger partial charge in [0, 0.05) is 18.3 Å². The molecule has 2 N–H and O–H groups in total. The fourth-order valence-electron chi connectivity index (χ4n) is 2.50. The van der Waals surface area contributed by atoms with Crippen molar-refractivity contribution in [2.75, 3.05) is 6.54 Å². The van der Waals surface area contributed by atoms with Crippen molar-refractivity contribution in [1.29, 1.82) is 0 Å². The smallest absolute Gasteiger partial charge is 0.342 e. The van der Waals surface area contributed by atoms with Crippen LogP contribution in [0.1, 0.15) is 0 Å². The van der Waals surface area contributed by atoms with Crippen molar-refractivity contribution >= 4 is 11.3 Å². The molecule has 11 heteroatoms. The van der Waals surface area contributed by atoms with Gasteiger partial charge in [-0.25, -0.2) is 23.4 Å². The molecule has 142 valence electrons. The summed E-state index contributed by atoms with van der Waals surface area (Å²) in [5, 5.41) is 8.26. The lowest BCUT2D eigenvalue weighted by Gasteiger charge is -2.00. The zero-order chi connectivity index (χ0) is 19.5. The average molecular weight is 399 g/mol.